The van der Waals surface area contributed by atoms with Gasteiger partial charge in [0.05, 0.1) is 19.3 Å². The molecule has 2 unspecified atom stereocenters. The van der Waals surface area contributed by atoms with Gasteiger partial charge in [-0.3, -0.25) is 0 Å². The molecule has 3 fully saturated rings. The quantitative estimate of drug-likeness (QED) is 0.499. The van der Waals surface area contributed by atoms with Crippen molar-refractivity contribution in [1.82, 2.24) is 0 Å². The van der Waals surface area contributed by atoms with Crippen LogP contribution in [0.3, 0.4) is 0 Å². The van der Waals surface area contributed by atoms with Crippen LogP contribution in [-0.4, -0.2) is 19.3 Å². The van der Waals surface area contributed by atoms with Gasteiger partial charge in [-0.2, -0.15) is 4.39 Å². The molecule has 0 aromatic heterocycles. The largest absolute Gasteiger partial charge is 0.491 e. The second-order valence-corrected chi connectivity index (χ2v) is 9.98. The molecule has 2 nitrogen and oxygen atoms in total. The summed E-state index contributed by atoms with van der Waals surface area (Å²) in [4.78, 5) is 0. The molecule has 0 bridgehead atoms. The molecule has 30 heavy (non-hydrogen) atoms. The summed E-state index contributed by atoms with van der Waals surface area (Å²) in [6, 6.07) is 3.34. The van der Waals surface area contributed by atoms with E-state index in [1.54, 1.807) is 19.1 Å². The number of hydrogen-bond donors (Lipinski definition) is 0. The van der Waals surface area contributed by atoms with Gasteiger partial charge >= 0.3 is 0 Å². The fourth-order valence-electron chi connectivity index (χ4n) is 6.39. The van der Waals surface area contributed by atoms with Gasteiger partial charge in [-0.15, -0.1) is 0 Å². The Hall–Kier alpha value is -1.16. The van der Waals surface area contributed by atoms with E-state index >= 15 is 0 Å². The third-order valence-corrected chi connectivity index (χ3v) is 8.28. The highest BCUT2D eigenvalue weighted by atomic mass is 19.2. The maximum absolute atomic E-state index is 14.6. The SMILES string of the molecule is CCOc1ccc(C2CCC(C3CCC(C4CCC(C)OC4)CC3)CC2)c(F)c1F. The first kappa shape index (κ1) is 22.0. The molecule has 0 amide bonds. The van der Waals surface area contributed by atoms with Crippen LogP contribution in [0.25, 0.3) is 0 Å². The van der Waals surface area contributed by atoms with Gasteiger partial charge in [0.2, 0.25) is 5.82 Å². The molecule has 168 valence electrons. The second kappa shape index (κ2) is 9.97. The molecule has 0 N–H and O–H groups in total. The maximum atomic E-state index is 14.6. The van der Waals surface area contributed by atoms with Crippen LogP contribution in [0.1, 0.15) is 89.5 Å². The highest BCUT2D eigenvalue weighted by molar-refractivity contribution is 5.33. The van der Waals surface area contributed by atoms with E-state index in [1.165, 1.54) is 38.5 Å². The molecule has 1 saturated heterocycles. The lowest BCUT2D eigenvalue weighted by Gasteiger charge is -2.41. The lowest BCUT2D eigenvalue weighted by atomic mass is 9.66. The number of hydrogen-bond acceptors (Lipinski definition) is 2. The lowest BCUT2D eigenvalue weighted by Crippen LogP contribution is -2.33. The van der Waals surface area contributed by atoms with Crippen molar-refractivity contribution in [1.29, 1.82) is 0 Å². The third-order valence-electron chi connectivity index (χ3n) is 8.28. The van der Waals surface area contributed by atoms with Crippen LogP contribution in [0.4, 0.5) is 8.78 Å². The molecule has 2 saturated carbocycles. The van der Waals surface area contributed by atoms with Crippen molar-refractivity contribution in [2.45, 2.75) is 90.1 Å². The Kier molecular flexibility index (Phi) is 7.33. The van der Waals surface area contributed by atoms with Crippen LogP contribution >= 0.6 is 0 Å². The van der Waals surface area contributed by atoms with E-state index in [0.717, 1.165) is 56.0 Å². The van der Waals surface area contributed by atoms with E-state index in [-0.39, 0.29) is 11.7 Å². The summed E-state index contributed by atoms with van der Waals surface area (Å²) in [5, 5.41) is 0. The molecule has 0 spiro atoms. The number of halogens is 2. The van der Waals surface area contributed by atoms with Gasteiger partial charge in [-0.25, -0.2) is 4.39 Å². The highest BCUT2D eigenvalue weighted by Gasteiger charge is 2.35. The van der Waals surface area contributed by atoms with Gasteiger partial charge < -0.3 is 9.47 Å². The molecular formula is C26H38F2O2. The average Bonchev–Trinajstić information content (AvgIpc) is 2.78. The summed E-state index contributed by atoms with van der Waals surface area (Å²) in [6.07, 6.45) is 12.7. The van der Waals surface area contributed by atoms with Gasteiger partial charge in [0.1, 0.15) is 0 Å². The zero-order chi connectivity index (χ0) is 21.1. The minimum atomic E-state index is -0.823. The van der Waals surface area contributed by atoms with Crippen molar-refractivity contribution < 1.29 is 18.3 Å². The molecule has 4 rings (SSSR count). The van der Waals surface area contributed by atoms with Crippen molar-refractivity contribution in [3.05, 3.63) is 29.3 Å². The lowest BCUT2D eigenvalue weighted by molar-refractivity contribution is -0.0316. The minimum absolute atomic E-state index is 0.0296. The molecule has 1 heterocycles. The summed E-state index contributed by atoms with van der Waals surface area (Å²) in [5.74, 6) is 1.87. The van der Waals surface area contributed by atoms with Gasteiger partial charge in [0.25, 0.3) is 0 Å². The summed E-state index contributed by atoms with van der Waals surface area (Å²) in [7, 11) is 0. The first-order chi connectivity index (χ1) is 14.6. The zero-order valence-electron chi connectivity index (χ0n) is 18.7. The van der Waals surface area contributed by atoms with Crippen molar-refractivity contribution in [3.8, 4) is 5.75 Å². The Morgan fingerprint density at radius 1 is 0.800 bits per heavy atom. The van der Waals surface area contributed by atoms with Gasteiger partial charge in [-0.05, 0) is 119 Å². The second-order valence-electron chi connectivity index (χ2n) is 9.98. The van der Waals surface area contributed by atoms with Crippen molar-refractivity contribution in [2.75, 3.05) is 13.2 Å². The van der Waals surface area contributed by atoms with E-state index in [1.807, 2.05) is 0 Å². The van der Waals surface area contributed by atoms with Gasteiger partial charge in [0.15, 0.2) is 11.6 Å². The van der Waals surface area contributed by atoms with E-state index < -0.39 is 11.6 Å². The molecule has 2 atom stereocenters. The summed E-state index contributed by atoms with van der Waals surface area (Å²) >= 11 is 0. The molecule has 1 aromatic carbocycles. The summed E-state index contributed by atoms with van der Waals surface area (Å²) < 4.78 is 40.0. The van der Waals surface area contributed by atoms with Crippen LogP contribution < -0.4 is 4.74 Å². The van der Waals surface area contributed by atoms with Crippen LogP contribution in [0.2, 0.25) is 0 Å². The Balaban J connectivity index is 1.27. The number of benzene rings is 1. The fourth-order valence-corrected chi connectivity index (χ4v) is 6.39. The predicted octanol–water partition coefficient (Wildman–Crippen LogP) is 7.26. The standard InChI is InChI=1S/C26H38F2O2/c1-3-29-24-15-14-23(25(27)26(24)28)21-12-10-19(11-13-21)18-6-8-20(9-7-18)22-5-4-17(2)30-16-22/h14-15,17-22H,3-13,16H2,1-2H3. The van der Waals surface area contributed by atoms with Crippen molar-refractivity contribution >= 4 is 0 Å². The molecule has 2 aliphatic carbocycles. The first-order valence-electron chi connectivity index (χ1n) is 12.3. The maximum Gasteiger partial charge on any atom is 0.200 e. The van der Waals surface area contributed by atoms with E-state index in [9.17, 15) is 8.78 Å². The Morgan fingerprint density at radius 3 is 1.93 bits per heavy atom. The first-order valence-corrected chi connectivity index (χ1v) is 12.3. The topological polar surface area (TPSA) is 18.5 Å². The van der Waals surface area contributed by atoms with Crippen LogP contribution in [0.5, 0.6) is 5.75 Å². The van der Waals surface area contributed by atoms with Crippen molar-refractivity contribution in [2.24, 2.45) is 23.7 Å². The molecule has 4 heteroatoms. The minimum Gasteiger partial charge on any atom is -0.491 e. The molecule has 0 radical (unpaired) electrons. The normalized spacial score (nSPS) is 35.2. The molecule has 1 aromatic rings. The number of rotatable bonds is 5. The van der Waals surface area contributed by atoms with E-state index in [2.05, 4.69) is 6.92 Å². The van der Waals surface area contributed by atoms with E-state index in [0.29, 0.717) is 18.3 Å². The zero-order valence-corrected chi connectivity index (χ0v) is 18.7. The Morgan fingerprint density at radius 2 is 1.37 bits per heavy atom. The van der Waals surface area contributed by atoms with Gasteiger partial charge in [0, 0.05) is 0 Å². The fraction of sp³-hybridized carbons (Fsp3) is 0.769. The van der Waals surface area contributed by atoms with Crippen LogP contribution in [-0.2, 0) is 4.74 Å². The Bertz CT molecular complexity index is 683. The smallest absolute Gasteiger partial charge is 0.200 e. The van der Waals surface area contributed by atoms with Crippen LogP contribution in [0.15, 0.2) is 12.1 Å². The monoisotopic (exact) mass is 420 g/mol. The molecular weight excluding hydrogens is 382 g/mol. The number of ether oxygens (including phenoxy) is 2. The summed E-state index contributed by atoms with van der Waals surface area (Å²) in [5.41, 5.74) is 0.546. The summed E-state index contributed by atoms with van der Waals surface area (Å²) in [6.45, 7) is 5.28. The van der Waals surface area contributed by atoms with E-state index in [4.69, 9.17) is 9.47 Å². The average molecular weight is 421 g/mol. The third kappa shape index (κ3) is 4.84. The Labute approximate surface area is 180 Å². The predicted molar refractivity (Wildman–Crippen MR) is 116 cm³/mol. The van der Waals surface area contributed by atoms with Crippen LogP contribution in [0, 0.1) is 35.3 Å². The molecule has 1 aliphatic heterocycles. The molecule has 3 aliphatic rings. The highest BCUT2D eigenvalue weighted by Crippen LogP contribution is 2.46. The van der Waals surface area contributed by atoms with Gasteiger partial charge in [-0.1, -0.05) is 6.07 Å². The van der Waals surface area contributed by atoms with Crippen molar-refractivity contribution in [3.63, 3.8) is 0 Å².